The summed E-state index contributed by atoms with van der Waals surface area (Å²) in [5.41, 5.74) is -4.40. The largest absolute Gasteiger partial charge is 0.203 e. The van der Waals surface area contributed by atoms with Crippen molar-refractivity contribution >= 4 is 47.0 Å². The van der Waals surface area contributed by atoms with Crippen molar-refractivity contribution in [1.29, 1.82) is 21.0 Å². The topological polar surface area (TPSA) is 95.2 Å². The van der Waals surface area contributed by atoms with E-state index in [4.69, 9.17) is 0 Å². The lowest BCUT2D eigenvalue weighted by Crippen LogP contribution is -2.60. The highest BCUT2D eigenvalue weighted by Crippen LogP contribution is 2.67. The predicted molar refractivity (Wildman–Crippen MR) is 126 cm³/mol. The molecular formula is C21H26N4S4. The number of nitriles is 4. The van der Waals surface area contributed by atoms with Crippen molar-refractivity contribution in [2.24, 2.45) is 16.2 Å². The van der Waals surface area contributed by atoms with Crippen LogP contribution in [-0.4, -0.2) is 38.6 Å². The van der Waals surface area contributed by atoms with E-state index in [1.54, 1.807) is 37.4 Å². The molecule has 1 aliphatic carbocycles. The zero-order chi connectivity index (χ0) is 21.4. The Labute approximate surface area is 191 Å². The van der Waals surface area contributed by atoms with E-state index >= 15 is 0 Å². The van der Waals surface area contributed by atoms with Gasteiger partial charge in [0.1, 0.15) is 4.08 Å². The maximum atomic E-state index is 10.3. The quantitative estimate of drug-likeness (QED) is 0.438. The van der Waals surface area contributed by atoms with Crippen LogP contribution in [0.1, 0.15) is 33.1 Å². The smallest absolute Gasteiger partial charge is 0.196 e. The zero-order valence-corrected chi connectivity index (χ0v) is 20.2. The molecule has 0 atom stereocenters. The lowest BCUT2D eigenvalue weighted by atomic mass is 9.50. The predicted octanol–water partition coefficient (Wildman–Crippen LogP) is 5.46. The van der Waals surface area contributed by atoms with Gasteiger partial charge >= 0.3 is 0 Å². The van der Waals surface area contributed by atoms with Crippen molar-refractivity contribution < 1.29 is 0 Å². The molecule has 0 aromatic heterocycles. The van der Waals surface area contributed by atoms with Crippen LogP contribution in [0.25, 0.3) is 0 Å². The number of hydrogen-bond acceptors (Lipinski definition) is 8. The van der Waals surface area contributed by atoms with Gasteiger partial charge in [-0.05, 0) is 53.8 Å². The lowest BCUT2D eigenvalue weighted by Gasteiger charge is -2.53. The molecule has 2 rings (SSSR count). The van der Waals surface area contributed by atoms with Gasteiger partial charge in [0.2, 0.25) is 5.41 Å². The molecule has 8 heteroatoms. The van der Waals surface area contributed by atoms with E-state index in [-0.39, 0.29) is 0 Å². The van der Waals surface area contributed by atoms with Crippen molar-refractivity contribution in [3.05, 3.63) is 12.2 Å². The molecular weight excluding hydrogens is 437 g/mol. The number of hydrogen-bond donors (Lipinski definition) is 0. The molecule has 2 aliphatic rings. The summed E-state index contributed by atoms with van der Waals surface area (Å²) in [7, 11) is 0. The minimum absolute atomic E-state index is 0.789. The second kappa shape index (κ2) is 10.4. The van der Waals surface area contributed by atoms with E-state index in [1.165, 1.54) is 6.42 Å². The molecule has 0 radical (unpaired) electrons. The van der Waals surface area contributed by atoms with E-state index in [9.17, 15) is 21.0 Å². The average Bonchev–Trinajstić information content (AvgIpc) is 2.72. The maximum absolute atomic E-state index is 10.3. The van der Waals surface area contributed by atoms with E-state index in [0.29, 0.717) is 0 Å². The molecule has 0 amide bonds. The summed E-state index contributed by atoms with van der Waals surface area (Å²) in [5, 5.41) is 40.9. The molecule has 1 fully saturated rings. The first kappa shape index (κ1) is 24.4. The summed E-state index contributed by atoms with van der Waals surface area (Å²) in [5.74, 6) is 5.99. The summed E-state index contributed by atoms with van der Waals surface area (Å²) in [6.07, 6.45) is 7.02. The van der Waals surface area contributed by atoms with Crippen LogP contribution in [0.2, 0.25) is 0 Å². The van der Waals surface area contributed by atoms with Gasteiger partial charge in [0.25, 0.3) is 0 Å². The van der Waals surface area contributed by atoms with Gasteiger partial charge in [-0.3, -0.25) is 0 Å². The van der Waals surface area contributed by atoms with Gasteiger partial charge in [-0.15, -0.1) is 23.5 Å². The highest BCUT2D eigenvalue weighted by Gasteiger charge is 2.72. The Bertz CT molecular complexity index is 736. The molecule has 0 bridgehead atoms. The molecule has 1 saturated heterocycles. The summed E-state index contributed by atoms with van der Waals surface area (Å²) in [6, 6.07) is 8.67. The van der Waals surface area contributed by atoms with Crippen LogP contribution in [0, 0.1) is 61.6 Å². The SMILES string of the molecule is CC1(C)C=CC2(SCCCSCCCSCCCS2)C(C#N)(C#N)C1(C#N)C#N. The van der Waals surface area contributed by atoms with Crippen LogP contribution >= 0.6 is 47.0 Å². The van der Waals surface area contributed by atoms with Crippen molar-refractivity contribution in [3.8, 4) is 24.3 Å². The van der Waals surface area contributed by atoms with Crippen LogP contribution in [0.3, 0.4) is 0 Å². The van der Waals surface area contributed by atoms with Crippen molar-refractivity contribution in [1.82, 2.24) is 0 Å². The molecule has 1 heterocycles. The van der Waals surface area contributed by atoms with Gasteiger partial charge < -0.3 is 0 Å². The Morgan fingerprint density at radius 1 is 0.621 bits per heavy atom. The first-order valence-electron chi connectivity index (χ1n) is 9.70. The van der Waals surface area contributed by atoms with Gasteiger partial charge in [-0.2, -0.15) is 44.6 Å². The summed E-state index contributed by atoms with van der Waals surface area (Å²) < 4.78 is -0.934. The minimum atomic E-state index is -1.76. The molecule has 154 valence electrons. The summed E-state index contributed by atoms with van der Waals surface area (Å²) in [4.78, 5) is 0. The Kier molecular flexibility index (Phi) is 8.75. The second-order valence-corrected chi connectivity index (χ2v) is 13.0. The van der Waals surface area contributed by atoms with Crippen molar-refractivity contribution in [3.63, 3.8) is 0 Å². The first-order valence-corrected chi connectivity index (χ1v) is 14.0. The van der Waals surface area contributed by atoms with Gasteiger partial charge in [-0.25, -0.2) is 0 Å². The Morgan fingerprint density at radius 3 is 1.45 bits per heavy atom. The third-order valence-corrected chi connectivity index (χ3v) is 11.3. The molecule has 1 spiro atoms. The van der Waals surface area contributed by atoms with Gasteiger partial charge in [-0.1, -0.05) is 26.0 Å². The van der Waals surface area contributed by atoms with Crippen LogP contribution in [0.15, 0.2) is 12.2 Å². The fraction of sp³-hybridized carbons (Fsp3) is 0.714. The minimum Gasteiger partial charge on any atom is -0.196 e. The van der Waals surface area contributed by atoms with Crippen molar-refractivity contribution in [2.45, 2.75) is 37.2 Å². The van der Waals surface area contributed by atoms with E-state index in [2.05, 4.69) is 24.3 Å². The zero-order valence-electron chi connectivity index (χ0n) is 16.9. The van der Waals surface area contributed by atoms with Gasteiger partial charge in [0.15, 0.2) is 5.41 Å². The number of nitrogens with zero attached hydrogens (tertiary/aromatic N) is 4. The number of thioether (sulfide) groups is 4. The first-order chi connectivity index (χ1) is 13.9. The van der Waals surface area contributed by atoms with Crippen LogP contribution in [0.4, 0.5) is 0 Å². The Morgan fingerprint density at radius 2 is 1.03 bits per heavy atom. The highest BCUT2D eigenvalue weighted by atomic mass is 32.2. The molecule has 0 saturated carbocycles. The number of rotatable bonds is 0. The van der Waals surface area contributed by atoms with E-state index in [1.807, 2.05) is 35.7 Å². The maximum Gasteiger partial charge on any atom is 0.203 e. The van der Waals surface area contributed by atoms with E-state index in [0.717, 1.165) is 47.4 Å². The second-order valence-electron chi connectivity index (χ2n) is 7.65. The molecule has 0 N–H and O–H groups in total. The van der Waals surface area contributed by atoms with Crippen LogP contribution in [-0.2, 0) is 0 Å². The molecule has 1 aliphatic heterocycles. The average molecular weight is 463 g/mol. The monoisotopic (exact) mass is 462 g/mol. The Hall–Kier alpha value is -0.900. The fourth-order valence-electron chi connectivity index (χ4n) is 3.73. The summed E-state index contributed by atoms with van der Waals surface area (Å²) in [6.45, 7) is 3.55. The van der Waals surface area contributed by atoms with Crippen LogP contribution in [0.5, 0.6) is 0 Å². The summed E-state index contributed by atoms with van der Waals surface area (Å²) >= 11 is 7.04. The third-order valence-electron chi connectivity index (χ3n) is 5.52. The van der Waals surface area contributed by atoms with Gasteiger partial charge in [0.05, 0.1) is 24.3 Å². The van der Waals surface area contributed by atoms with Crippen molar-refractivity contribution in [2.75, 3.05) is 34.5 Å². The molecule has 29 heavy (non-hydrogen) atoms. The normalized spacial score (nSPS) is 26.0. The van der Waals surface area contributed by atoms with Crippen LogP contribution < -0.4 is 0 Å². The fourth-order valence-corrected chi connectivity index (χ4v) is 9.35. The molecule has 0 aromatic carbocycles. The molecule has 0 aromatic rings. The van der Waals surface area contributed by atoms with E-state index < -0.39 is 20.3 Å². The third kappa shape index (κ3) is 4.29. The molecule has 4 nitrogen and oxygen atoms in total. The lowest BCUT2D eigenvalue weighted by molar-refractivity contribution is 0.136. The highest BCUT2D eigenvalue weighted by molar-refractivity contribution is 8.18. The molecule has 0 unspecified atom stereocenters. The Balaban J connectivity index is 2.53. The van der Waals surface area contributed by atoms with Gasteiger partial charge in [0, 0.05) is 5.41 Å². The standard InChI is InChI=1S/C21H26N4S4/c1-18(2)6-7-21(20(16-24,17-25)19(18,14-22)15-23)28-12-4-10-26-8-3-9-27-11-5-13-29-21/h6-7H,3-5,8-13H2,1-2H3. The number of allylic oxidation sites excluding steroid dienone is 1.